The number of benzene rings is 2. The third-order valence-electron chi connectivity index (χ3n) is 2.66. The van der Waals surface area contributed by atoms with Gasteiger partial charge in [0.25, 0.3) is 0 Å². The van der Waals surface area contributed by atoms with E-state index in [1.165, 1.54) is 11.8 Å². The third-order valence-corrected chi connectivity index (χ3v) is 3.59. The first kappa shape index (κ1) is 16.2. The monoisotopic (exact) mass is 315 g/mol. The highest BCUT2D eigenvalue weighted by Crippen LogP contribution is 2.20. The smallest absolute Gasteiger partial charge is 0.234 e. The van der Waals surface area contributed by atoms with Gasteiger partial charge in [-0.15, -0.1) is 11.8 Å². The molecule has 0 saturated carbocycles. The van der Waals surface area contributed by atoms with Gasteiger partial charge in [-0.1, -0.05) is 18.2 Å². The highest BCUT2D eigenvalue weighted by atomic mass is 32.2. The number of aliphatic hydroxyl groups excluding tert-OH is 1. The molecule has 0 aliphatic carbocycles. The number of thioether (sulfide) groups is 1. The van der Waals surface area contributed by atoms with Crippen LogP contribution in [0, 0.1) is 0 Å². The van der Waals surface area contributed by atoms with Gasteiger partial charge in [0, 0.05) is 11.4 Å². The lowest BCUT2D eigenvalue weighted by molar-refractivity contribution is -0.113. The van der Waals surface area contributed by atoms with Gasteiger partial charge < -0.3 is 10.4 Å². The number of hydrogen-bond acceptors (Lipinski definition) is 5. The zero-order valence-corrected chi connectivity index (χ0v) is 12.8. The Labute approximate surface area is 133 Å². The molecule has 2 aromatic carbocycles. The summed E-state index contributed by atoms with van der Waals surface area (Å²) in [7, 11) is 0. The quantitative estimate of drug-likeness (QED) is 0.603. The van der Waals surface area contributed by atoms with Gasteiger partial charge in [-0.25, -0.2) is 0 Å². The Morgan fingerprint density at radius 1 is 1.00 bits per heavy atom. The van der Waals surface area contributed by atoms with E-state index >= 15 is 0 Å². The number of azo groups is 1. The van der Waals surface area contributed by atoms with Gasteiger partial charge in [-0.3, -0.25) is 4.79 Å². The number of hydrogen-bond donors (Lipinski definition) is 2. The van der Waals surface area contributed by atoms with Crippen molar-refractivity contribution in [3.8, 4) is 0 Å². The molecule has 0 aliphatic rings. The number of carbonyl (C=O) groups is 1. The Morgan fingerprint density at radius 2 is 1.64 bits per heavy atom. The highest BCUT2D eigenvalue weighted by molar-refractivity contribution is 7.99. The summed E-state index contributed by atoms with van der Waals surface area (Å²) in [6, 6.07) is 16.6. The van der Waals surface area contributed by atoms with Crippen molar-refractivity contribution >= 4 is 34.7 Å². The van der Waals surface area contributed by atoms with E-state index in [-0.39, 0.29) is 12.5 Å². The second-order valence-electron chi connectivity index (χ2n) is 4.41. The molecule has 114 valence electrons. The van der Waals surface area contributed by atoms with Crippen molar-refractivity contribution in [1.82, 2.24) is 0 Å². The van der Waals surface area contributed by atoms with Crippen LogP contribution in [0.4, 0.5) is 17.1 Å². The molecule has 0 unspecified atom stereocenters. The SMILES string of the molecule is O=C(CSCCO)Nc1ccc(N=Nc2ccccc2)cc1. The molecular weight excluding hydrogens is 298 g/mol. The standard InChI is InChI=1S/C16H17N3O2S/c20-10-11-22-12-16(21)17-13-6-8-15(9-7-13)19-18-14-4-2-1-3-5-14/h1-9,20H,10-12H2,(H,17,21). The zero-order chi connectivity index (χ0) is 15.6. The van der Waals surface area contributed by atoms with E-state index in [0.717, 1.165) is 11.4 Å². The number of anilines is 1. The number of carbonyl (C=O) groups excluding carboxylic acids is 1. The Hall–Kier alpha value is -2.18. The lowest BCUT2D eigenvalue weighted by Gasteiger charge is -2.04. The topological polar surface area (TPSA) is 74.0 Å². The molecule has 2 N–H and O–H groups in total. The fourth-order valence-corrected chi connectivity index (χ4v) is 2.18. The largest absolute Gasteiger partial charge is 0.396 e. The van der Waals surface area contributed by atoms with Gasteiger partial charge >= 0.3 is 0 Å². The van der Waals surface area contributed by atoms with Crippen LogP contribution < -0.4 is 5.32 Å². The van der Waals surface area contributed by atoms with E-state index in [2.05, 4.69) is 15.5 Å². The first-order chi connectivity index (χ1) is 10.8. The summed E-state index contributed by atoms with van der Waals surface area (Å²) in [4.78, 5) is 11.6. The maximum Gasteiger partial charge on any atom is 0.234 e. The number of aliphatic hydroxyl groups is 1. The number of amides is 1. The molecule has 0 spiro atoms. The molecule has 2 rings (SSSR count). The molecule has 0 saturated heterocycles. The summed E-state index contributed by atoms with van der Waals surface area (Å²) in [6.07, 6.45) is 0. The summed E-state index contributed by atoms with van der Waals surface area (Å²) >= 11 is 1.39. The molecule has 0 radical (unpaired) electrons. The molecule has 0 bridgehead atoms. The lowest BCUT2D eigenvalue weighted by atomic mass is 10.3. The van der Waals surface area contributed by atoms with Crippen LogP contribution in [0.2, 0.25) is 0 Å². The summed E-state index contributed by atoms with van der Waals surface area (Å²) in [6.45, 7) is 0.0824. The second kappa shape index (κ2) is 8.96. The second-order valence-corrected chi connectivity index (χ2v) is 5.51. The van der Waals surface area contributed by atoms with Crippen LogP contribution in [-0.2, 0) is 4.79 Å². The van der Waals surface area contributed by atoms with Crippen molar-refractivity contribution in [2.75, 3.05) is 23.4 Å². The molecule has 0 fully saturated rings. The van der Waals surface area contributed by atoms with Crippen LogP contribution in [0.5, 0.6) is 0 Å². The van der Waals surface area contributed by atoms with Crippen molar-refractivity contribution < 1.29 is 9.90 Å². The van der Waals surface area contributed by atoms with Gasteiger partial charge in [0.15, 0.2) is 0 Å². The van der Waals surface area contributed by atoms with Crippen molar-refractivity contribution in [1.29, 1.82) is 0 Å². The predicted octanol–water partition coefficient (Wildman–Crippen LogP) is 3.77. The number of rotatable bonds is 7. The van der Waals surface area contributed by atoms with Crippen molar-refractivity contribution in [2.45, 2.75) is 0 Å². The van der Waals surface area contributed by atoms with Crippen molar-refractivity contribution in [3.05, 3.63) is 54.6 Å². The minimum absolute atomic E-state index is 0.0824. The highest BCUT2D eigenvalue weighted by Gasteiger charge is 2.02. The summed E-state index contributed by atoms with van der Waals surface area (Å²) in [5.74, 6) is 0.805. The van der Waals surface area contributed by atoms with Gasteiger partial charge in [-0.2, -0.15) is 10.2 Å². The average Bonchev–Trinajstić information content (AvgIpc) is 2.55. The van der Waals surface area contributed by atoms with Gasteiger partial charge in [0.05, 0.1) is 23.7 Å². The third kappa shape index (κ3) is 5.67. The first-order valence-electron chi connectivity index (χ1n) is 6.83. The lowest BCUT2D eigenvalue weighted by Crippen LogP contribution is -2.14. The number of nitrogens with one attached hydrogen (secondary N) is 1. The van der Waals surface area contributed by atoms with E-state index in [0.29, 0.717) is 17.2 Å². The minimum Gasteiger partial charge on any atom is -0.396 e. The van der Waals surface area contributed by atoms with Gasteiger partial charge in [0.1, 0.15) is 0 Å². The molecule has 0 aromatic heterocycles. The van der Waals surface area contributed by atoms with E-state index < -0.39 is 0 Å². The van der Waals surface area contributed by atoms with Crippen LogP contribution in [0.25, 0.3) is 0 Å². The fraction of sp³-hybridized carbons (Fsp3) is 0.188. The van der Waals surface area contributed by atoms with E-state index in [1.54, 1.807) is 24.3 Å². The Kier molecular flexibility index (Phi) is 6.60. The van der Waals surface area contributed by atoms with E-state index in [9.17, 15) is 4.79 Å². The van der Waals surface area contributed by atoms with Crippen molar-refractivity contribution in [3.63, 3.8) is 0 Å². The molecule has 1 amide bonds. The molecule has 2 aromatic rings. The first-order valence-corrected chi connectivity index (χ1v) is 7.99. The van der Waals surface area contributed by atoms with Crippen LogP contribution in [0.1, 0.15) is 0 Å². The molecule has 5 nitrogen and oxygen atoms in total. The predicted molar refractivity (Wildman–Crippen MR) is 90.1 cm³/mol. The minimum atomic E-state index is -0.0860. The van der Waals surface area contributed by atoms with E-state index in [4.69, 9.17) is 5.11 Å². The normalized spacial score (nSPS) is 10.8. The van der Waals surface area contributed by atoms with Gasteiger partial charge in [0.2, 0.25) is 5.91 Å². The number of nitrogens with zero attached hydrogens (tertiary/aromatic N) is 2. The molecule has 0 atom stereocenters. The van der Waals surface area contributed by atoms with E-state index in [1.807, 2.05) is 30.3 Å². The van der Waals surface area contributed by atoms with Gasteiger partial charge in [-0.05, 0) is 36.4 Å². The van der Waals surface area contributed by atoms with Crippen LogP contribution in [0.15, 0.2) is 64.8 Å². The van der Waals surface area contributed by atoms with Crippen LogP contribution in [-0.4, -0.2) is 29.1 Å². The molecule has 6 heteroatoms. The maximum absolute atomic E-state index is 11.6. The fourth-order valence-electron chi connectivity index (χ4n) is 1.65. The Balaban J connectivity index is 1.87. The average molecular weight is 315 g/mol. The maximum atomic E-state index is 11.6. The molecular formula is C16H17N3O2S. The van der Waals surface area contributed by atoms with Crippen LogP contribution >= 0.6 is 11.8 Å². The molecule has 0 aliphatic heterocycles. The van der Waals surface area contributed by atoms with Crippen LogP contribution in [0.3, 0.4) is 0 Å². The Bertz CT molecular complexity index is 615. The summed E-state index contributed by atoms with van der Waals surface area (Å²) in [5.41, 5.74) is 2.23. The zero-order valence-electron chi connectivity index (χ0n) is 12.0. The Morgan fingerprint density at radius 3 is 2.27 bits per heavy atom. The summed E-state index contributed by atoms with van der Waals surface area (Å²) in [5, 5.41) is 19.7. The van der Waals surface area contributed by atoms with Crippen molar-refractivity contribution in [2.24, 2.45) is 10.2 Å². The summed E-state index contributed by atoms with van der Waals surface area (Å²) < 4.78 is 0. The molecule has 0 heterocycles. The molecule has 22 heavy (non-hydrogen) atoms.